The topological polar surface area (TPSA) is 72.3 Å². The van der Waals surface area contributed by atoms with Crippen molar-refractivity contribution in [1.29, 1.82) is 0 Å². The molecule has 2 aromatic heterocycles. The summed E-state index contributed by atoms with van der Waals surface area (Å²) in [7, 11) is 1.86. The van der Waals surface area contributed by atoms with Crippen molar-refractivity contribution in [2.24, 2.45) is 7.05 Å². The van der Waals surface area contributed by atoms with E-state index in [1.165, 1.54) is 19.3 Å². The number of rotatable bonds is 3. The summed E-state index contributed by atoms with van der Waals surface area (Å²) in [5.74, 6) is -0.0610. The van der Waals surface area contributed by atoms with Crippen LogP contribution in [-0.2, 0) is 11.8 Å². The molecule has 0 radical (unpaired) electrons. The van der Waals surface area contributed by atoms with Gasteiger partial charge in [-0.25, -0.2) is 4.98 Å². The predicted molar refractivity (Wildman–Crippen MR) is 99.3 cm³/mol. The van der Waals surface area contributed by atoms with Crippen LogP contribution in [0.4, 0.5) is 0 Å². The van der Waals surface area contributed by atoms with Crippen molar-refractivity contribution in [2.45, 2.75) is 45.2 Å². The van der Waals surface area contributed by atoms with E-state index in [1.54, 1.807) is 4.68 Å². The zero-order chi connectivity index (χ0) is 18.3. The van der Waals surface area contributed by atoms with E-state index in [1.807, 2.05) is 27.0 Å². The summed E-state index contributed by atoms with van der Waals surface area (Å²) in [6, 6.07) is 2.16. The number of carbonyl (C=O) groups excluding carboxylic acids is 1. The lowest BCUT2D eigenvalue weighted by molar-refractivity contribution is 0.0901. The van der Waals surface area contributed by atoms with E-state index in [4.69, 9.17) is 4.74 Å². The van der Waals surface area contributed by atoms with Crippen molar-refractivity contribution < 1.29 is 9.53 Å². The van der Waals surface area contributed by atoms with Crippen LogP contribution in [0.25, 0.3) is 11.0 Å². The highest BCUT2D eigenvalue weighted by Crippen LogP contribution is 2.23. The van der Waals surface area contributed by atoms with Crippen LogP contribution >= 0.6 is 0 Å². The Balaban J connectivity index is 1.59. The molecule has 1 amide bonds. The first-order chi connectivity index (χ1) is 12.5. The van der Waals surface area contributed by atoms with Gasteiger partial charge >= 0.3 is 0 Å². The number of hydrogen-bond donors (Lipinski definition) is 1. The largest absolute Gasteiger partial charge is 0.378 e. The molecule has 0 saturated carbocycles. The highest BCUT2D eigenvalue weighted by Gasteiger charge is 2.35. The number of hydrogen-bond acceptors (Lipinski definition) is 5. The van der Waals surface area contributed by atoms with Crippen LogP contribution in [0.15, 0.2) is 6.07 Å². The van der Waals surface area contributed by atoms with E-state index >= 15 is 0 Å². The number of nitrogens with one attached hydrogen (secondary N) is 1. The third kappa shape index (κ3) is 3.10. The zero-order valence-corrected chi connectivity index (χ0v) is 15.8. The molecule has 0 bridgehead atoms. The van der Waals surface area contributed by atoms with Crippen LogP contribution in [0.1, 0.15) is 41.0 Å². The van der Waals surface area contributed by atoms with Gasteiger partial charge in [-0.05, 0) is 45.8 Å². The number of aryl methyl sites for hydroxylation is 3. The van der Waals surface area contributed by atoms with E-state index in [9.17, 15) is 4.79 Å². The van der Waals surface area contributed by atoms with Crippen LogP contribution in [-0.4, -0.2) is 64.0 Å². The molecule has 4 rings (SSSR count). The summed E-state index contributed by atoms with van der Waals surface area (Å²) in [5.41, 5.74) is 3.06. The number of carbonyl (C=O) groups is 1. The van der Waals surface area contributed by atoms with Gasteiger partial charge in [0.05, 0.1) is 41.9 Å². The summed E-state index contributed by atoms with van der Waals surface area (Å²) in [4.78, 5) is 20.1. The molecule has 2 saturated heterocycles. The lowest BCUT2D eigenvalue weighted by Gasteiger charge is -2.34. The van der Waals surface area contributed by atoms with E-state index in [2.05, 4.69) is 20.3 Å². The number of likely N-dealkylation sites (tertiary alicyclic amines) is 1. The lowest BCUT2D eigenvalue weighted by Crippen LogP contribution is -2.52. The van der Waals surface area contributed by atoms with Gasteiger partial charge in [-0.2, -0.15) is 5.10 Å². The number of aromatic nitrogens is 3. The molecular weight excluding hydrogens is 330 g/mol. The monoisotopic (exact) mass is 357 g/mol. The van der Waals surface area contributed by atoms with Gasteiger partial charge < -0.3 is 10.1 Å². The summed E-state index contributed by atoms with van der Waals surface area (Å²) in [6.07, 6.45) is 3.77. The third-order valence-electron chi connectivity index (χ3n) is 5.57. The predicted octanol–water partition coefficient (Wildman–Crippen LogP) is 1.57. The first-order valence-corrected chi connectivity index (χ1v) is 9.48. The minimum absolute atomic E-state index is 0.0288. The van der Waals surface area contributed by atoms with Crippen LogP contribution in [0, 0.1) is 13.8 Å². The molecule has 140 valence electrons. The van der Waals surface area contributed by atoms with Crippen molar-refractivity contribution in [3.8, 4) is 0 Å². The average molecular weight is 357 g/mol. The molecular formula is C19H27N5O2. The number of nitrogens with zero attached hydrogens (tertiary/aromatic N) is 4. The molecule has 1 N–H and O–H groups in total. The van der Waals surface area contributed by atoms with Gasteiger partial charge in [0.15, 0.2) is 5.65 Å². The smallest absolute Gasteiger partial charge is 0.252 e. The first kappa shape index (κ1) is 17.4. The van der Waals surface area contributed by atoms with Gasteiger partial charge in [0.25, 0.3) is 5.91 Å². The molecule has 0 spiro atoms. The van der Waals surface area contributed by atoms with Gasteiger partial charge in [-0.3, -0.25) is 14.4 Å². The third-order valence-corrected chi connectivity index (χ3v) is 5.57. The van der Waals surface area contributed by atoms with Crippen LogP contribution in [0.3, 0.4) is 0 Å². The molecule has 2 fully saturated rings. The molecule has 7 heteroatoms. The van der Waals surface area contributed by atoms with Crippen LogP contribution in [0.5, 0.6) is 0 Å². The summed E-state index contributed by atoms with van der Waals surface area (Å²) < 4.78 is 7.45. The maximum Gasteiger partial charge on any atom is 0.252 e. The number of amides is 1. The molecule has 7 nitrogen and oxygen atoms in total. The number of pyridine rings is 1. The Morgan fingerprint density at radius 3 is 2.77 bits per heavy atom. The maximum absolute atomic E-state index is 13.1. The standard InChI is InChI=1S/C19H27N5O2/c1-12-9-14(17-13(2)22-23(3)18(17)20-12)19(25)21-15-10-26-11-16(15)24-7-5-4-6-8-24/h9,15-16H,4-8,10-11H2,1-3H3,(H,21,25)/t15-,16-/m0/s1. The molecule has 26 heavy (non-hydrogen) atoms. The van der Waals surface area contributed by atoms with E-state index < -0.39 is 0 Å². The number of fused-ring (bicyclic) bond motifs is 1. The highest BCUT2D eigenvalue weighted by molar-refractivity contribution is 6.06. The fourth-order valence-corrected chi connectivity index (χ4v) is 4.29. The van der Waals surface area contributed by atoms with Crippen LogP contribution in [0.2, 0.25) is 0 Å². The van der Waals surface area contributed by atoms with Gasteiger partial charge in [0.1, 0.15) is 0 Å². The molecule has 2 aliphatic heterocycles. The highest BCUT2D eigenvalue weighted by atomic mass is 16.5. The second-order valence-corrected chi connectivity index (χ2v) is 7.50. The first-order valence-electron chi connectivity index (χ1n) is 9.48. The number of ether oxygens (including phenoxy) is 1. The van der Waals surface area contributed by atoms with Crippen molar-refractivity contribution in [2.75, 3.05) is 26.3 Å². The van der Waals surface area contributed by atoms with Gasteiger partial charge in [-0.1, -0.05) is 6.42 Å². The van der Waals surface area contributed by atoms with Crippen LogP contribution < -0.4 is 5.32 Å². The van der Waals surface area contributed by atoms with E-state index in [0.29, 0.717) is 18.8 Å². The quantitative estimate of drug-likeness (QED) is 0.903. The van der Waals surface area contributed by atoms with E-state index in [-0.39, 0.29) is 18.0 Å². The van der Waals surface area contributed by atoms with Crippen molar-refractivity contribution >= 4 is 16.9 Å². The van der Waals surface area contributed by atoms with Crippen molar-refractivity contribution in [3.05, 3.63) is 23.0 Å². The normalized spacial score (nSPS) is 24.3. The van der Waals surface area contributed by atoms with Crippen molar-refractivity contribution in [3.63, 3.8) is 0 Å². The van der Waals surface area contributed by atoms with Gasteiger partial charge in [0.2, 0.25) is 0 Å². The second kappa shape index (κ2) is 6.96. The second-order valence-electron chi connectivity index (χ2n) is 7.50. The molecule has 0 aromatic carbocycles. The van der Waals surface area contributed by atoms with Crippen molar-refractivity contribution in [1.82, 2.24) is 25.0 Å². The SMILES string of the molecule is Cc1cc(C(=O)N[C@H]2COC[C@@H]2N2CCCCC2)c2c(C)nn(C)c2n1. The Hall–Kier alpha value is -1.99. The molecule has 2 aromatic rings. The fraction of sp³-hybridized carbons (Fsp3) is 0.632. The minimum atomic E-state index is -0.0610. The molecule has 0 aliphatic carbocycles. The number of piperidine rings is 1. The molecule has 2 aliphatic rings. The van der Waals surface area contributed by atoms with Gasteiger partial charge in [-0.15, -0.1) is 0 Å². The zero-order valence-electron chi connectivity index (χ0n) is 15.8. The minimum Gasteiger partial charge on any atom is -0.378 e. The Kier molecular flexibility index (Phi) is 4.67. The maximum atomic E-state index is 13.1. The Morgan fingerprint density at radius 2 is 2.00 bits per heavy atom. The Morgan fingerprint density at radius 1 is 1.23 bits per heavy atom. The lowest BCUT2D eigenvalue weighted by atomic mass is 10.0. The molecule has 2 atom stereocenters. The fourth-order valence-electron chi connectivity index (χ4n) is 4.29. The average Bonchev–Trinajstić information content (AvgIpc) is 3.20. The summed E-state index contributed by atoms with van der Waals surface area (Å²) in [6.45, 7) is 7.30. The summed E-state index contributed by atoms with van der Waals surface area (Å²) >= 11 is 0. The Labute approximate surface area is 153 Å². The molecule has 0 unspecified atom stereocenters. The van der Waals surface area contributed by atoms with E-state index in [0.717, 1.165) is 35.5 Å². The van der Waals surface area contributed by atoms with Gasteiger partial charge in [0, 0.05) is 12.7 Å². The summed E-state index contributed by atoms with van der Waals surface area (Å²) in [5, 5.41) is 8.50. The molecule has 4 heterocycles. The Bertz CT molecular complexity index is 825.